The monoisotopic (exact) mass is 453 g/mol. The van der Waals surface area contributed by atoms with E-state index in [9.17, 15) is 4.79 Å². The molecule has 32 heavy (non-hydrogen) atoms. The first-order valence-electron chi connectivity index (χ1n) is 11.1. The molecule has 2 saturated heterocycles. The van der Waals surface area contributed by atoms with E-state index in [1.165, 1.54) is 19.3 Å². The van der Waals surface area contributed by atoms with Gasteiger partial charge in [0.1, 0.15) is 11.7 Å². The van der Waals surface area contributed by atoms with Crippen molar-refractivity contribution in [3.63, 3.8) is 0 Å². The van der Waals surface area contributed by atoms with Gasteiger partial charge in [-0.25, -0.2) is 4.98 Å². The summed E-state index contributed by atoms with van der Waals surface area (Å²) < 4.78 is 0. The number of hydrazone groups is 1. The molecule has 0 saturated carbocycles. The molecule has 1 aromatic heterocycles. The number of hydrogen-bond donors (Lipinski definition) is 3. The van der Waals surface area contributed by atoms with Gasteiger partial charge in [-0.3, -0.25) is 9.80 Å². The lowest BCUT2D eigenvalue weighted by Gasteiger charge is -2.39. The standard InChI is InChI=1S/C23H28ClN7O/c24-17-2-1-3-18(12-17)31-14-19(25)21(29-31)28-22(32)16-4-5-20(27-13-16)30-10-7-23(8-11-30)6-9-26-15-23/h1-5,12-13,19,26H,6-11,14-15,25H2,(H,28,29,32). The smallest absolute Gasteiger partial charge is 0.258 e. The number of rotatable bonds is 3. The highest BCUT2D eigenvalue weighted by Gasteiger charge is 2.37. The summed E-state index contributed by atoms with van der Waals surface area (Å²) in [5.74, 6) is 1.09. The number of halogens is 1. The minimum absolute atomic E-state index is 0.263. The molecule has 4 N–H and O–H groups in total. The van der Waals surface area contributed by atoms with Gasteiger partial charge in [0.15, 0.2) is 0 Å². The van der Waals surface area contributed by atoms with Gasteiger partial charge >= 0.3 is 0 Å². The third kappa shape index (κ3) is 4.30. The van der Waals surface area contributed by atoms with E-state index in [2.05, 4.69) is 25.6 Å². The van der Waals surface area contributed by atoms with Crippen molar-refractivity contribution in [2.75, 3.05) is 42.6 Å². The van der Waals surface area contributed by atoms with Crippen LogP contribution in [0, 0.1) is 5.41 Å². The van der Waals surface area contributed by atoms with Crippen molar-refractivity contribution in [2.45, 2.75) is 25.3 Å². The van der Waals surface area contributed by atoms with E-state index in [0.29, 0.717) is 28.4 Å². The number of amidine groups is 1. The molecule has 3 aliphatic heterocycles. The Labute approximate surface area is 192 Å². The molecule has 1 amide bonds. The van der Waals surface area contributed by atoms with Crippen LogP contribution in [0.25, 0.3) is 0 Å². The Balaban J connectivity index is 1.21. The SMILES string of the molecule is NC1CN(c2cccc(Cl)c2)N=C1NC(=O)c1ccc(N2CCC3(CCNC3)CC2)nc1. The first kappa shape index (κ1) is 21.2. The molecular formula is C23H28ClN7O. The van der Waals surface area contributed by atoms with Crippen LogP contribution in [0.4, 0.5) is 11.5 Å². The van der Waals surface area contributed by atoms with Crippen LogP contribution in [0.2, 0.25) is 5.02 Å². The van der Waals surface area contributed by atoms with Crippen LogP contribution in [0.5, 0.6) is 0 Å². The van der Waals surface area contributed by atoms with Gasteiger partial charge in [-0.2, -0.15) is 5.10 Å². The Kier molecular flexibility index (Phi) is 5.75. The average Bonchev–Trinajstić information content (AvgIpc) is 3.41. The lowest BCUT2D eigenvalue weighted by Crippen LogP contribution is -2.43. The number of aromatic nitrogens is 1. The molecule has 168 valence electrons. The Morgan fingerprint density at radius 1 is 1.22 bits per heavy atom. The van der Waals surface area contributed by atoms with Gasteiger partial charge in [0.25, 0.3) is 5.91 Å². The molecule has 8 nitrogen and oxygen atoms in total. The van der Waals surface area contributed by atoms with E-state index in [-0.39, 0.29) is 5.91 Å². The zero-order valence-electron chi connectivity index (χ0n) is 17.9. The van der Waals surface area contributed by atoms with Crippen molar-refractivity contribution < 1.29 is 4.79 Å². The number of benzene rings is 1. The summed E-state index contributed by atoms with van der Waals surface area (Å²) in [7, 11) is 0. The van der Waals surface area contributed by atoms with Crippen LogP contribution < -0.4 is 26.3 Å². The number of anilines is 2. The highest BCUT2D eigenvalue weighted by Crippen LogP contribution is 2.37. The van der Waals surface area contributed by atoms with Crippen molar-refractivity contribution in [3.8, 4) is 0 Å². The fourth-order valence-electron chi connectivity index (χ4n) is 4.76. The third-order valence-electron chi connectivity index (χ3n) is 6.79. The molecule has 5 rings (SSSR count). The number of amides is 1. The summed E-state index contributed by atoms with van der Waals surface area (Å²) in [6, 6.07) is 10.7. The molecule has 3 aliphatic rings. The van der Waals surface area contributed by atoms with Crippen LogP contribution in [-0.2, 0) is 0 Å². The van der Waals surface area contributed by atoms with Gasteiger partial charge in [-0.1, -0.05) is 17.7 Å². The largest absolute Gasteiger partial charge is 0.357 e. The second-order valence-corrected chi connectivity index (χ2v) is 9.36. The van der Waals surface area contributed by atoms with Crippen LogP contribution in [0.3, 0.4) is 0 Å². The second kappa shape index (κ2) is 8.69. The average molecular weight is 454 g/mol. The number of carbonyl (C=O) groups is 1. The minimum Gasteiger partial charge on any atom is -0.357 e. The lowest BCUT2D eigenvalue weighted by molar-refractivity contribution is 0.0976. The Bertz CT molecular complexity index is 1010. The van der Waals surface area contributed by atoms with Gasteiger partial charge in [-0.15, -0.1) is 0 Å². The van der Waals surface area contributed by atoms with Gasteiger partial charge in [0, 0.05) is 30.9 Å². The fraction of sp³-hybridized carbons (Fsp3) is 0.435. The predicted molar refractivity (Wildman–Crippen MR) is 127 cm³/mol. The molecule has 0 bridgehead atoms. The van der Waals surface area contributed by atoms with Crippen LogP contribution in [0.15, 0.2) is 47.7 Å². The highest BCUT2D eigenvalue weighted by molar-refractivity contribution is 6.30. The summed E-state index contributed by atoms with van der Waals surface area (Å²) in [6.07, 6.45) is 5.27. The van der Waals surface area contributed by atoms with E-state index in [1.807, 2.05) is 30.3 Å². The van der Waals surface area contributed by atoms with E-state index < -0.39 is 6.04 Å². The van der Waals surface area contributed by atoms with Crippen molar-refractivity contribution >= 4 is 34.8 Å². The molecule has 1 aromatic carbocycles. The highest BCUT2D eigenvalue weighted by atomic mass is 35.5. The zero-order valence-corrected chi connectivity index (χ0v) is 18.7. The molecule has 0 radical (unpaired) electrons. The van der Waals surface area contributed by atoms with Gasteiger partial charge in [-0.05, 0) is 61.6 Å². The van der Waals surface area contributed by atoms with Gasteiger partial charge < -0.3 is 21.3 Å². The normalized spacial score (nSPS) is 22.3. The summed E-state index contributed by atoms with van der Waals surface area (Å²) in [4.78, 5) is 19.6. The minimum atomic E-state index is -0.393. The molecule has 4 heterocycles. The maximum Gasteiger partial charge on any atom is 0.258 e. The number of nitrogens with zero attached hydrogens (tertiary/aromatic N) is 4. The second-order valence-electron chi connectivity index (χ2n) is 8.93. The van der Waals surface area contributed by atoms with Gasteiger partial charge in [0.2, 0.25) is 0 Å². The molecular weight excluding hydrogens is 426 g/mol. The topological polar surface area (TPSA) is 98.9 Å². The van der Waals surface area contributed by atoms with E-state index in [0.717, 1.165) is 37.7 Å². The lowest BCUT2D eigenvalue weighted by atomic mass is 9.78. The Hall–Kier alpha value is -2.68. The number of pyridine rings is 1. The van der Waals surface area contributed by atoms with E-state index >= 15 is 0 Å². The number of nitrogens with two attached hydrogens (primary N) is 1. The van der Waals surface area contributed by atoms with Crippen LogP contribution in [-0.4, -0.2) is 55.5 Å². The first-order valence-corrected chi connectivity index (χ1v) is 11.5. The fourth-order valence-corrected chi connectivity index (χ4v) is 4.95. The van der Waals surface area contributed by atoms with E-state index in [4.69, 9.17) is 17.3 Å². The zero-order chi connectivity index (χ0) is 22.1. The summed E-state index contributed by atoms with van der Waals surface area (Å²) in [5, 5.41) is 13.2. The maximum atomic E-state index is 12.8. The van der Waals surface area contributed by atoms with Crippen molar-refractivity contribution in [1.82, 2.24) is 15.6 Å². The first-order chi connectivity index (χ1) is 15.5. The molecule has 0 aliphatic carbocycles. The molecule has 1 atom stereocenters. The van der Waals surface area contributed by atoms with Crippen molar-refractivity contribution in [1.29, 1.82) is 0 Å². The van der Waals surface area contributed by atoms with E-state index in [1.54, 1.807) is 17.3 Å². The Morgan fingerprint density at radius 3 is 2.75 bits per heavy atom. The summed E-state index contributed by atoms with van der Waals surface area (Å²) >= 11 is 6.07. The number of hydrogen-bond acceptors (Lipinski definition) is 7. The van der Waals surface area contributed by atoms with Crippen LogP contribution >= 0.6 is 11.6 Å². The third-order valence-corrected chi connectivity index (χ3v) is 7.02. The Morgan fingerprint density at radius 2 is 2.06 bits per heavy atom. The molecule has 2 aromatic rings. The molecule has 1 spiro atoms. The van der Waals surface area contributed by atoms with Crippen molar-refractivity contribution in [3.05, 3.63) is 53.2 Å². The molecule has 2 fully saturated rings. The quantitative estimate of drug-likeness (QED) is 0.659. The summed E-state index contributed by atoms with van der Waals surface area (Å²) in [6.45, 7) is 4.75. The van der Waals surface area contributed by atoms with Crippen molar-refractivity contribution in [2.24, 2.45) is 16.3 Å². The molecule has 9 heteroatoms. The molecule has 1 unspecified atom stereocenters. The van der Waals surface area contributed by atoms with Crippen LogP contribution in [0.1, 0.15) is 29.6 Å². The maximum absolute atomic E-state index is 12.8. The summed E-state index contributed by atoms with van der Waals surface area (Å²) in [5.41, 5.74) is 7.98. The number of piperidine rings is 1. The number of carbonyl (C=O) groups excluding carboxylic acids is 1. The van der Waals surface area contributed by atoms with Gasteiger partial charge in [0.05, 0.1) is 23.8 Å². The predicted octanol–water partition coefficient (Wildman–Crippen LogP) is 2.21. The number of nitrogens with one attached hydrogen (secondary N) is 2.